The molecule has 8 aromatic carbocycles. The van der Waals surface area contributed by atoms with Crippen LogP contribution in [0.15, 0.2) is 192 Å². The molecule has 2 heterocycles. The molecule has 1 unspecified atom stereocenters. The quantitative estimate of drug-likeness (QED) is 0.183. The van der Waals surface area contributed by atoms with Gasteiger partial charge in [0, 0.05) is 32.2 Å². The number of nitrogens with two attached hydrogens (primary N) is 1. The van der Waals surface area contributed by atoms with E-state index in [1.54, 1.807) is 0 Å². The van der Waals surface area contributed by atoms with Crippen LogP contribution in [0.5, 0.6) is 0 Å². The number of nitrogen functional groups attached to an aromatic ring is 1. The van der Waals surface area contributed by atoms with Gasteiger partial charge in [-0.3, -0.25) is 0 Å². The van der Waals surface area contributed by atoms with E-state index in [-0.39, 0.29) is 0 Å². The van der Waals surface area contributed by atoms with Crippen LogP contribution in [-0.4, -0.2) is 15.0 Å². The molecule has 1 aliphatic heterocycles. The van der Waals surface area contributed by atoms with Crippen molar-refractivity contribution in [3.8, 4) is 56.4 Å². The fourth-order valence-corrected chi connectivity index (χ4v) is 9.92. The molecule has 2 N–H and O–H groups in total. The molecular formula is C50H32N4S. The Morgan fingerprint density at radius 1 is 0.382 bits per heavy atom. The summed E-state index contributed by atoms with van der Waals surface area (Å²) < 4.78 is 0. The van der Waals surface area contributed by atoms with Gasteiger partial charge in [0.15, 0.2) is 17.5 Å². The predicted octanol–water partition coefficient (Wildman–Crippen LogP) is 12.1. The smallest absolute Gasteiger partial charge is 0.164 e. The summed E-state index contributed by atoms with van der Waals surface area (Å²) in [6.07, 6.45) is 0. The maximum Gasteiger partial charge on any atom is 0.164 e. The van der Waals surface area contributed by atoms with Crippen molar-refractivity contribution in [2.24, 2.45) is 0 Å². The Labute approximate surface area is 323 Å². The van der Waals surface area contributed by atoms with Crippen LogP contribution in [0.3, 0.4) is 0 Å². The molecule has 1 aromatic heterocycles. The van der Waals surface area contributed by atoms with Crippen LogP contribution in [-0.2, 0) is 5.41 Å². The van der Waals surface area contributed by atoms with Crippen molar-refractivity contribution in [1.29, 1.82) is 0 Å². The van der Waals surface area contributed by atoms with Crippen LogP contribution < -0.4 is 5.73 Å². The van der Waals surface area contributed by atoms with E-state index >= 15 is 0 Å². The topological polar surface area (TPSA) is 64.7 Å². The van der Waals surface area contributed by atoms with Gasteiger partial charge in [0.1, 0.15) is 0 Å². The number of hydrogen-bond donors (Lipinski definition) is 1. The summed E-state index contributed by atoms with van der Waals surface area (Å²) in [5.74, 6) is 1.93. The van der Waals surface area contributed by atoms with E-state index in [0.29, 0.717) is 17.5 Å². The van der Waals surface area contributed by atoms with E-state index < -0.39 is 5.41 Å². The molecule has 55 heavy (non-hydrogen) atoms. The third kappa shape index (κ3) is 4.83. The lowest BCUT2D eigenvalue weighted by molar-refractivity contribution is 0.723. The molecule has 1 aliphatic carbocycles. The van der Waals surface area contributed by atoms with Gasteiger partial charge in [-0.25, -0.2) is 15.0 Å². The van der Waals surface area contributed by atoms with Gasteiger partial charge in [0.25, 0.3) is 0 Å². The maximum absolute atomic E-state index is 6.63. The Hall–Kier alpha value is -6.82. The van der Waals surface area contributed by atoms with Crippen molar-refractivity contribution in [1.82, 2.24) is 15.0 Å². The Kier molecular flexibility index (Phi) is 7.13. The van der Waals surface area contributed by atoms with Gasteiger partial charge in [-0.1, -0.05) is 163 Å². The van der Waals surface area contributed by atoms with Gasteiger partial charge in [0.2, 0.25) is 0 Å². The molecule has 11 rings (SSSR count). The average molecular weight is 721 g/mol. The number of hydrogen-bond acceptors (Lipinski definition) is 5. The van der Waals surface area contributed by atoms with Gasteiger partial charge < -0.3 is 5.73 Å². The average Bonchev–Trinajstić information content (AvgIpc) is 3.55. The number of benzene rings is 8. The second-order valence-corrected chi connectivity index (χ2v) is 15.2. The SMILES string of the molecule is Nc1ccc2c(c1)C1(c3ccccc3S2)c2ccccc2-c2c1cc(-c1ccc(-c3nc(-c4ccccc4)nc(-c4ccccc4)n3)cc1)c1ccccc21. The van der Waals surface area contributed by atoms with E-state index in [9.17, 15) is 0 Å². The molecule has 258 valence electrons. The molecule has 9 aromatic rings. The molecule has 0 saturated carbocycles. The lowest BCUT2D eigenvalue weighted by atomic mass is 9.66. The third-order valence-electron chi connectivity index (χ3n) is 11.1. The van der Waals surface area contributed by atoms with Crippen molar-refractivity contribution in [2.45, 2.75) is 15.2 Å². The fraction of sp³-hybridized carbons (Fsp3) is 0.0200. The van der Waals surface area contributed by atoms with Crippen molar-refractivity contribution < 1.29 is 0 Å². The minimum atomic E-state index is -0.538. The highest BCUT2D eigenvalue weighted by atomic mass is 32.2. The third-order valence-corrected chi connectivity index (χ3v) is 12.3. The maximum atomic E-state index is 6.63. The van der Waals surface area contributed by atoms with Crippen LogP contribution in [0.4, 0.5) is 5.69 Å². The monoisotopic (exact) mass is 720 g/mol. The van der Waals surface area contributed by atoms with Crippen molar-refractivity contribution in [2.75, 3.05) is 5.73 Å². The number of fused-ring (bicyclic) bond motifs is 11. The van der Waals surface area contributed by atoms with Gasteiger partial charge in [0.05, 0.1) is 5.41 Å². The summed E-state index contributed by atoms with van der Waals surface area (Å²) >= 11 is 1.83. The first-order chi connectivity index (χ1) is 27.2. The Balaban J connectivity index is 1.13. The standard InChI is InChI=1S/C50H32N4S/c51-35-27-28-45-42(29-35)50(41-21-11-12-22-44(41)55-45)40-20-10-9-19-38(40)46-37-18-8-7-17-36(37)39(30-43(46)50)31-23-25-34(26-24-31)49-53-47(32-13-3-1-4-14-32)52-48(54-49)33-15-5-2-6-16-33/h1-30H,51H2. The zero-order valence-corrected chi connectivity index (χ0v) is 30.5. The summed E-state index contributed by atoms with van der Waals surface area (Å²) in [4.78, 5) is 17.4. The normalized spacial score (nSPS) is 15.0. The van der Waals surface area contributed by atoms with E-state index in [0.717, 1.165) is 27.9 Å². The first-order valence-electron chi connectivity index (χ1n) is 18.5. The molecule has 0 saturated heterocycles. The number of anilines is 1. The predicted molar refractivity (Wildman–Crippen MR) is 225 cm³/mol. The van der Waals surface area contributed by atoms with Crippen LogP contribution in [0, 0.1) is 0 Å². The summed E-state index contributed by atoms with van der Waals surface area (Å²) in [5, 5.41) is 2.45. The van der Waals surface area contributed by atoms with Crippen molar-refractivity contribution >= 4 is 28.2 Å². The van der Waals surface area contributed by atoms with Gasteiger partial charge in [-0.05, 0) is 85.6 Å². The fourth-order valence-electron chi connectivity index (χ4n) is 8.75. The Morgan fingerprint density at radius 3 is 1.60 bits per heavy atom. The van der Waals surface area contributed by atoms with Crippen molar-refractivity contribution in [3.63, 3.8) is 0 Å². The summed E-state index contributed by atoms with van der Waals surface area (Å²) in [5.41, 5.74) is 19.6. The summed E-state index contributed by atoms with van der Waals surface area (Å²) in [6, 6.07) is 64.5. The highest BCUT2D eigenvalue weighted by Crippen LogP contribution is 2.64. The molecule has 0 amide bonds. The molecule has 1 atom stereocenters. The zero-order valence-electron chi connectivity index (χ0n) is 29.6. The van der Waals surface area contributed by atoms with E-state index in [4.69, 9.17) is 20.7 Å². The minimum absolute atomic E-state index is 0.538. The van der Waals surface area contributed by atoms with Gasteiger partial charge in [-0.2, -0.15) is 0 Å². The first kappa shape index (κ1) is 31.7. The number of nitrogens with zero attached hydrogens (tertiary/aromatic N) is 3. The first-order valence-corrected chi connectivity index (χ1v) is 19.3. The number of aromatic nitrogens is 3. The molecule has 1 spiro atoms. The lowest BCUT2D eigenvalue weighted by Gasteiger charge is -2.40. The van der Waals surface area contributed by atoms with Crippen LogP contribution >= 0.6 is 11.8 Å². The lowest BCUT2D eigenvalue weighted by Crippen LogP contribution is -2.32. The van der Waals surface area contributed by atoms with E-state index in [1.807, 2.05) is 78.5 Å². The van der Waals surface area contributed by atoms with Crippen LogP contribution in [0.1, 0.15) is 22.3 Å². The van der Waals surface area contributed by atoms with Crippen LogP contribution in [0.2, 0.25) is 0 Å². The second kappa shape index (κ2) is 12.4. The molecule has 0 bridgehead atoms. The highest BCUT2D eigenvalue weighted by molar-refractivity contribution is 7.99. The minimum Gasteiger partial charge on any atom is -0.399 e. The van der Waals surface area contributed by atoms with Gasteiger partial charge >= 0.3 is 0 Å². The molecule has 0 fully saturated rings. The van der Waals surface area contributed by atoms with Crippen molar-refractivity contribution in [3.05, 3.63) is 204 Å². The second-order valence-electron chi connectivity index (χ2n) is 14.2. The van der Waals surface area contributed by atoms with Gasteiger partial charge in [-0.15, -0.1) is 0 Å². The molecule has 0 radical (unpaired) electrons. The van der Waals surface area contributed by atoms with E-state index in [1.165, 1.54) is 59.5 Å². The molecule has 5 heteroatoms. The number of rotatable bonds is 4. The molecular weight excluding hydrogens is 689 g/mol. The van der Waals surface area contributed by atoms with Crippen LogP contribution in [0.25, 0.3) is 67.2 Å². The molecule has 2 aliphatic rings. The largest absolute Gasteiger partial charge is 0.399 e. The zero-order chi connectivity index (χ0) is 36.5. The summed E-state index contributed by atoms with van der Waals surface area (Å²) in [7, 11) is 0. The Morgan fingerprint density at radius 2 is 0.909 bits per heavy atom. The highest BCUT2D eigenvalue weighted by Gasteiger charge is 2.51. The summed E-state index contributed by atoms with van der Waals surface area (Å²) in [6.45, 7) is 0. The van der Waals surface area contributed by atoms with E-state index in [2.05, 4.69) is 115 Å². The molecule has 4 nitrogen and oxygen atoms in total. The Bertz CT molecular complexity index is 2900.